The Labute approximate surface area is 101 Å². The minimum absolute atomic E-state index is 0.0945. The van der Waals surface area contributed by atoms with Gasteiger partial charge >= 0.3 is 0 Å². The first-order valence-corrected chi connectivity index (χ1v) is 5.53. The van der Waals surface area contributed by atoms with Crippen molar-refractivity contribution in [3.8, 4) is 16.9 Å². The second kappa shape index (κ2) is 5.30. The fraction of sp³-hybridized carbons (Fsp3) is 0.133. The third-order valence-corrected chi connectivity index (χ3v) is 2.50. The van der Waals surface area contributed by atoms with Crippen LogP contribution in [0.3, 0.4) is 0 Å². The van der Waals surface area contributed by atoms with Crippen molar-refractivity contribution in [3.63, 3.8) is 0 Å². The van der Waals surface area contributed by atoms with Gasteiger partial charge in [-0.3, -0.25) is 4.79 Å². The van der Waals surface area contributed by atoms with E-state index >= 15 is 0 Å². The smallest absolute Gasteiger partial charge is 0.157 e. The van der Waals surface area contributed by atoms with E-state index < -0.39 is 0 Å². The SMILES string of the molecule is Cc1cccc(-c2cccc(OCC=O)c2)c1. The van der Waals surface area contributed by atoms with Gasteiger partial charge in [0, 0.05) is 0 Å². The molecule has 0 amide bonds. The highest BCUT2D eigenvalue weighted by Crippen LogP contribution is 2.24. The summed E-state index contributed by atoms with van der Waals surface area (Å²) >= 11 is 0. The zero-order chi connectivity index (χ0) is 12.1. The first kappa shape index (κ1) is 11.4. The molecule has 0 radical (unpaired) electrons. The van der Waals surface area contributed by atoms with Gasteiger partial charge in [-0.05, 0) is 30.2 Å². The van der Waals surface area contributed by atoms with Crippen LogP contribution in [0, 0.1) is 6.92 Å². The molecule has 0 unspecified atom stereocenters. The normalized spacial score (nSPS) is 9.94. The third-order valence-electron chi connectivity index (χ3n) is 2.50. The molecule has 0 saturated carbocycles. The van der Waals surface area contributed by atoms with E-state index in [1.807, 2.05) is 30.3 Å². The highest BCUT2D eigenvalue weighted by molar-refractivity contribution is 5.65. The molecule has 0 N–H and O–H groups in total. The fourth-order valence-corrected chi connectivity index (χ4v) is 1.72. The second-order valence-electron chi connectivity index (χ2n) is 3.87. The average molecular weight is 226 g/mol. The molecule has 2 nitrogen and oxygen atoms in total. The van der Waals surface area contributed by atoms with Gasteiger partial charge in [-0.2, -0.15) is 0 Å². The lowest BCUT2D eigenvalue weighted by atomic mass is 10.0. The lowest BCUT2D eigenvalue weighted by Crippen LogP contribution is -1.97. The van der Waals surface area contributed by atoms with Gasteiger partial charge in [-0.25, -0.2) is 0 Å². The van der Waals surface area contributed by atoms with E-state index in [9.17, 15) is 4.79 Å². The van der Waals surface area contributed by atoms with Crippen molar-refractivity contribution in [1.29, 1.82) is 0 Å². The van der Waals surface area contributed by atoms with E-state index in [1.54, 1.807) is 0 Å². The Morgan fingerprint density at radius 1 is 1.06 bits per heavy atom. The lowest BCUT2D eigenvalue weighted by Gasteiger charge is -2.06. The molecule has 2 rings (SSSR count). The van der Waals surface area contributed by atoms with E-state index in [4.69, 9.17) is 4.74 Å². The summed E-state index contributed by atoms with van der Waals surface area (Å²) in [7, 11) is 0. The minimum Gasteiger partial charge on any atom is -0.486 e. The standard InChI is InChI=1S/C15H14O2/c1-12-4-2-5-13(10-12)14-6-3-7-15(11-14)17-9-8-16/h2-8,10-11H,9H2,1H3. The Kier molecular flexibility index (Phi) is 3.55. The Bertz CT molecular complexity index is 518. The maximum atomic E-state index is 10.3. The highest BCUT2D eigenvalue weighted by atomic mass is 16.5. The summed E-state index contributed by atoms with van der Waals surface area (Å²) in [6.07, 6.45) is 0.749. The molecule has 2 heteroatoms. The van der Waals surface area contributed by atoms with Crippen molar-refractivity contribution in [2.24, 2.45) is 0 Å². The number of carbonyl (C=O) groups excluding carboxylic acids is 1. The van der Waals surface area contributed by atoms with Crippen LogP contribution in [0.25, 0.3) is 11.1 Å². The van der Waals surface area contributed by atoms with E-state index in [1.165, 1.54) is 5.56 Å². The summed E-state index contributed by atoms with van der Waals surface area (Å²) in [6.45, 7) is 2.16. The van der Waals surface area contributed by atoms with Crippen LogP contribution >= 0.6 is 0 Å². The van der Waals surface area contributed by atoms with Crippen LogP contribution in [0.5, 0.6) is 5.75 Å². The van der Waals surface area contributed by atoms with Gasteiger partial charge in [0.25, 0.3) is 0 Å². The Morgan fingerprint density at radius 2 is 1.76 bits per heavy atom. The Balaban J connectivity index is 2.29. The van der Waals surface area contributed by atoms with Crippen LogP contribution in [0.4, 0.5) is 0 Å². The lowest BCUT2D eigenvalue weighted by molar-refractivity contribution is -0.109. The number of carbonyl (C=O) groups is 1. The van der Waals surface area contributed by atoms with Crippen LogP contribution in [-0.2, 0) is 4.79 Å². The van der Waals surface area contributed by atoms with Crippen molar-refractivity contribution >= 4 is 6.29 Å². The molecule has 0 saturated heterocycles. The predicted molar refractivity (Wildman–Crippen MR) is 68.2 cm³/mol. The molecule has 0 spiro atoms. The monoisotopic (exact) mass is 226 g/mol. The van der Waals surface area contributed by atoms with Gasteiger partial charge in [0.15, 0.2) is 6.29 Å². The number of rotatable bonds is 4. The molecule has 86 valence electrons. The predicted octanol–water partition coefficient (Wildman–Crippen LogP) is 3.24. The van der Waals surface area contributed by atoms with Crippen molar-refractivity contribution in [2.45, 2.75) is 6.92 Å². The maximum Gasteiger partial charge on any atom is 0.157 e. The highest BCUT2D eigenvalue weighted by Gasteiger charge is 2.00. The van der Waals surface area contributed by atoms with E-state index in [0.717, 1.165) is 23.2 Å². The van der Waals surface area contributed by atoms with Crippen molar-refractivity contribution in [2.75, 3.05) is 6.61 Å². The van der Waals surface area contributed by atoms with Gasteiger partial charge < -0.3 is 4.74 Å². The molecule has 0 heterocycles. The molecule has 0 atom stereocenters. The topological polar surface area (TPSA) is 26.3 Å². The molecule has 0 aromatic heterocycles. The molecule has 2 aromatic rings. The van der Waals surface area contributed by atoms with E-state index in [0.29, 0.717) is 0 Å². The largest absolute Gasteiger partial charge is 0.486 e. The van der Waals surface area contributed by atoms with Crippen LogP contribution in [0.2, 0.25) is 0 Å². The first-order chi connectivity index (χ1) is 8.29. The van der Waals surface area contributed by atoms with E-state index in [2.05, 4.69) is 25.1 Å². The number of ether oxygens (including phenoxy) is 1. The van der Waals surface area contributed by atoms with Crippen LogP contribution in [-0.4, -0.2) is 12.9 Å². The molecule has 0 fully saturated rings. The summed E-state index contributed by atoms with van der Waals surface area (Å²) < 4.78 is 5.28. The molecule has 17 heavy (non-hydrogen) atoms. The van der Waals surface area contributed by atoms with Crippen LogP contribution in [0.1, 0.15) is 5.56 Å². The molecule has 0 bridgehead atoms. The van der Waals surface area contributed by atoms with Gasteiger partial charge in [0.05, 0.1) is 0 Å². The van der Waals surface area contributed by atoms with Crippen molar-refractivity contribution in [1.82, 2.24) is 0 Å². The van der Waals surface area contributed by atoms with Gasteiger partial charge in [-0.15, -0.1) is 0 Å². The average Bonchev–Trinajstić information content (AvgIpc) is 2.37. The van der Waals surface area contributed by atoms with Crippen LogP contribution < -0.4 is 4.74 Å². The molecule has 0 aliphatic heterocycles. The van der Waals surface area contributed by atoms with Crippen molar-refractivity contribution < 1.29 is 9.53 Å². The molecule has 0 aliphatic rings. The summed E-state index contributed by atoms with van der Waals surface area (Å²) in [4.78, 5) is 10.3. The second-order valence-corrected chi connectivity index (χ2v) is 3.87. The Morgan fingerprint density at radius 3 is 2.47 bits per heavy atom. The number of benzene rings is 2. The summed E-state index contributed by atoms with van der Waals surface area (Å²) in [5.41, 5.74) is 3.47. The molecule has 2 aromatic carbocycles. The summed E-state index contributed by atoms with van der Waals surface area (Å²) in [5, 5.41) is 0. The number of aldehydes is 1. The zero-order valence-electron chi connectivity index (χ0n) is 9.72. The number of hydrogen-bond donors (Lipinski definition) is 0. The first-order valence-electron chi connectivity index (χ1n) is 5.53. The van der Waals surface area contributed by atoms with Gasteiger partial charge in [0.1, 0.15) is 12.4 Å². The van der Waals surface area contributed by atoms with Crippen molar-refractivity contribution in [3.05, 3.63) is 54.1 Å². The zero-order valence-corrected chi connectivity index (χ0v) is 9.72. The van der Waals surface area contributed by atoms with E-state index in [-0.39, 0.29) is 6.61 Å². The third kappa shape index (κ3) is 2.94. The summed E-state index contributed by atoms with van der Waals surface area (Å²) in [6, 6.07) is 16.0. The quantitative estimate of drug-likeness (QED) is 0.748. The van der Waals surface area contributed by atoms with Gasteiger partial charge in [-0.1, -0.05) is 42.0 Å². The molecular formula is C15H14O2. The van der Waals surface area contributed by atoms with Crippen LogP contribution in [0.15, 0.2) is 48.5 Å². The fourth-order valence-electron chi connectivity index (χ4n) is 1.72. The maximum absolute atomic E-state index is 10.3. The molecular weight excluding hydrogens is 212 g/mol. The van der Waals surface area contributed by atoms with Gasteiger partial charge in [0.2, 0.25) is 0 Å². The Hall–Kier alpha value is -2.09. The molecule has 0 aliphatic carbocycles. The number of hydrogen-bond acceptors (Lipinski definition) is 2. The minimum atomic E-state index is 0.0945. The number of aryl methyl sites for hydroxylation is 1. The summed E-state index contributed by atoms with van der Waals surface area (Å²) in [5.74, 6) is 0.719.